The van der Waals surface area contributed by atoms with Crippen LogP contribution in [0.1, 0.15) is 27.0 Å². The molecule has 0 atom stereocenters. The minimum absolute atomic E-state index is 0.0391. The Balaban J connectivity index is 1.09. The molecule has 0 aliphatic carbocycles. The molecular formula is C39H31FN4O5. The maximum atomic E-state index is 13.9. The first-order valence-corrected chi connectivity index (χ1v) is 15.5. The molecule has 6 rings (SSSR count). The fourth-order valence-corrected chi connectivity index (χ4v) is 5.25. The highest BCUT2D eigenvalue weighted by atomic mass is 19.1. The zero-order valence-electron chi connectivity index (χ0n) is 26.5. The number of carbonyl (C=O) groups excluding carboxylic acids is 2. The number of nitrogens with one attached hydrogen (secondary N) is 1. The summed E-state index contributed by atoms with van der Waals surface area (Å²) in [5, 5.41) is 16.3. The third kappa shape index (κ3) is 8.12. The number of aliphatic carboxylic acids is 1. The standard InChI is InChI=1S/C39H31FN4O5/c1-25-6-10-27(11-7-25)28-14-16-30(17-15-28)38-42-37(43-49-38)29-12-8-26(9-13-29)23-44(24-36(46)47)39(48)31-18-20-33(21-19-31)41-35(45)22-32-4-2-3-5-34(32)40/h2-21H,22-24H2,1H3,(H,41,45)(H,46,47). The Kier molecular flexibility index (Phi) is 9.66. The second-order valence-electron chi connectivity index (χ2n) is 11.5. The van der Waals surface area contributed by atoms with Gasteiger partial charge in [-0.15, -0.1) is 0 Å². The molecular weight excluding hydrogens is 623 g/mol. The first-order valence-electron chi connectivity index (χ1n) is 15.5. The molecule has 0 fully saturated rings. The van der Waals surface area contributed by atoms with Crippen LogP contribution in [0.5, 0.6) is 0 Å². The molecule has 0 unspecified atom stereocenters. The number of benzene rings is 5. The molecule has 10 heteroatoms. The summed E-state index contributed by atoms with van der Waals surface area (Å²) in [6, 6.07) is 35.4. The number of anilines is 1. The molecule has 0 saturated heterocycles. The van der Waals surface area contributed by atoms with E-state index in [2.05, 4.69) is 46.6 Å². The number of aryl methyl sites for hydroxylation is 1. The predicted octanol–water partition coefficient (Wildman–Crippen LogP) is 7.43. The fraction of sp³-hybridized carbons (Fsp3) is 0.103. The summed E-state index contributed by atoms with van der Waals surface area (Å²) in [5.41, 5.74) is 6.50. The van der Waals surface area contributed by atoms with Gasteiger partial charge in [-0.1, -0.05) is 89.6 Å². The van der Waals surface area contributed by atoms with Gasteiger partial charge in [0.2, 0.25) is 11.7 Å². The number of halogens is 1. The number of hydrogen-bond acceptors (Lipinski definition) is 6. The second kappa shape index (κ2) is 14.6. The first kappa shape index (κ1) is 32.5. The molecule has 0 spiro atoms. The van der Waals surface area contributed by atoms with E-state index in [0.717, 1.165) is 16.7 Å². The third-order valence-electron chi connectivity index (χ3n) is 7.87. The van der Waals surface area contributed by atoms with Gasteiger partial charge in [-0.2, -0.15) is 4.98 Å². The normalized spacial score (nSPS) is 10.8. The van der Waals surface area contributed by atoms with Gasteiger partial charge in [0.05, 0.1) is 6.42 Å². The molecule has 6 aromatic rings. The molecule has 2 N–H and O–H groups in total. The van der Waals surface area contributed by atoms with Crippen LogP contribution in [-0.4, -0.2) is 44.5 Å². The molecule has 1 heterocycles. The van der Waals surface area contributed by atoms with Crippen molar-refractivity contribution in [2.24, 2.45) is 0 Å². The maximum absolute atomic E-state index is 13.9. The van der Waals surface area contributed by atoms with E-state index < -0.39 is 30.1 Å². The lowest BCUT2D eigenvalue weighted by molar-refractivity contribution is -0.137. The number of rotatable bonds is 11. The number of hydrogen-bond donors (Lipinski definition) is 2. The third-order valence-corrected chi connectivity index (χ3v) is 7.87. The van der Waals surface area contributed by atoms with E-state index in [4.69, 9.17) is 4.52 Å². The molecule has 0 saturated carbocycles. The van der Waals surface area contributed by atoms with Crippen molar-refractivity contribution in [2.75, 3.05) is 11.9 Å². The summed E-state index contributed by atoms with van der Waals surface area (Å²) in [6.07, 6.45) is -0.144. The Morgan fingerprint density at radius 3 is 2.04 bits per heavy atom. The van der Waals surface area contributed by atoms with E-state index in [1.165, 1.54) is 46.9 Å². The van der Waals surface area contributed by atoms with Crippen molar-refractivity contribution in [2.45, 2.75) is 19.9 Å². The van der Waals surface area contributed by atoms with E-state index in [0.29, 0.717) is 28.5 Å². The zero-order chi connectivity index (χ0) is 34.3. The lowest BCUT2D eigenvalue weighted by Gasteiger charge is -2.21. The quantitative estimate of drug-likeness (QED) is 0.149. The summed E-state index contributed by atoms with van der Waals surface area (Å²) in [4.78, 5) is 43.2. The van der Waals surface area contributed by atoms with Gasteiger partial charge in [0.1, 0.15) is 12.4 Å². The summed E-state index contributed by atoms with van der Waals surface area (Å²) >= 11 is 0. The number of aromatic nitrogens is 2. The molecule has 244 valence electrons. The number of carboxylic acid groups (broad SMARTS) is 1. The Bertz CT molecular complexity index is 2090. The molecule has 49 heavy (non-hydrogen) atoms. The van der Waals surface area contributed by atoms with Crippen molar-refractivity contribution in [1.29, 1.82) is 0 Å². The van der Waals surface area contributed by atoms with Crippen molar-refractivity contribution in [3.63, 3.8) is 0 Å². The van der Waals surface area contributed by atoms with Crippen LogP contribution in [0.3, 0.4) is 0 Å². The number of nitrogens with zero attached hydrogens (tertiary/aromatic N) is 3. The summed E-state index contributed by atoms with van der Waals surface area (Å²) in [7, 11) is 0. The second-order valence-corrected chi connectivity index (χ2v) is 11.5. The maximum Gasteiger partial charge on any atom is 0.323 e. The van der Waals surface area contributed by atoms with Gasteiger partial charge in [0, 0.05) is 28.9 Å². The topological polar surface area (TPSA) is 126 Å². The summed E-state index contributed by atoms with van der Waals surface area (Å²) in [5.74, 6) is -1.76. The molecule has 5 aromatic carbocycles. The Labute approximate surface area is 281 Å². The molecule has 0 aliphatic heterocycles. The van der Waals surface area contributed by atoms with E-state index in [1.54, 1.807) is 36.4 Å². The van der Waals surface area contributed by atoms with E-state index >= 15 is 0 Å². The minimum atomic E-state index is -1.16. The van der Waals surface area contributed by atoms with Crippen molar-refractivity contribution in [3.05, 3.63) is 149 Å². The van der Waals surface area contributed by atoms with Crippen molar-refractivity contribution in [3.8, 4) is 34.0 Å². The average molecular weight is 655 g/mol. The highest BCUT2D eigenvalue weighted by Crippen LogP contribution is 2.27. The molecule has 0 aliphatic rings. The van der Waals surface area contributed by atoms with Crippen LogP contribution in [0.2, 0.25) is 0 Å². The zero-order valence-corrected chi connectivity index (χ0v) is 26.5. The van der Waals surface area contributed by atoms with Gasteiger partial charge < -0.3 is 19.8 Å². The Hall–Kier alpha value is -6.42. The van der Waals surface area contributed by atoms with Crippen molar-refractivity contribution in [1.82, 2.24) is 15.0 Å². The van der Waals surface area contributed by atoms with Crippen molar-refractivity contribution >= 4 is 23.5 Å². The molecule has 1 aromatic heterocycles. The van der Waals surface area contributed by atoms with Gasteiger partial charge in [-0.25, -0.2) is 4.39 Å². The smallest absolute Gasteiger partial charge is 0.323 e. The first-order chi connectivity index (χ1) is 23.7. The van der Waals surface area contributed by atoms with E-state index in [1.807, 2.05) is 24.3 Å². The van der Waals surface area contributed by atoms with Crippen LogP contribution in [0.15, 0.2) is 126 Å². The van der Waals surface area contributed by atoms with Crippen LogP contribution in [-0.2, 0) is 22.6 Å². The fourth-order valence-electron chi connectivity index (χ4n) is 5.25. The van der Waals surface area contributed by atoms with Crippen molar-refractivity contribution < 1.29 is 28.4 Å². The lowest BCUT2D eigenvalue weighted by Crippen LogP contribution is -2.35. The number of carboxylic acids is 1. The van der Waals surface area contributed by atoms with E-state index in [-0.39, 0.29) is 24.1 Å². The summed E-state index contributed by atoms with van der Waals surface area (Å²) < 4.78 is 19.4. The Morgan fingerprint density at radius 1 is 0.776 bits per heavy atom. The van der Waals surface area contributed by atoms with Gasteiger partial charge in [-0.05, 0) is 71.6 Å². The molecule has 0 radical (unpaired) electrons. The van der Waals surface area contributed by atoms with Crippen LogP contribution in [0.4, 0.5) is 10.1 Å². The minimum Gasteiger partial charge on any atom is -0.480 e. The molecule has 2 amide bonds. The average Bonchev–Trinajstić information content (AvgIpc) is 3.60. The highest BCUT2D eigenvalue weighted by molar-refractivity contribution is 5.97. The predicted molar refractivity (Wildman–Crippen MR) is 183 cm³/mol. The SMILES string of the molecule is Cc1ccc(-c2ccc(-c3nc(-c4ccc(CN(CC(=O)O)C(=O)c5ccc(NC(=O)Cc6ccccc6F)cc5)cc4)no3)cc2)cc1. The molecule has 0 bridgehead atoms. The lowest BCUT2D eigenvalue weighted by atomic mass is 10.0. The number of amides is 2. The monoisotopic (exact) mass is 654 g/mol. The van der Waals surface area contributed by atoms with Gasteiger partial charge in [0.25, 0.3) is 11.8 Å². The van der Waals surface area contributed by atoms with Gasteiger partial charge in [0.15, 0.2) is 0 Å². The van der Waals surface area contributed by atoms with E-state index in [9.17, 15) is 23.9 Å². The van der Waals surface area contributed by atoms with Crippen LogP contribution in [0.25, 0.3) is 34.0 Å². The van der Waals surface area contributed by atoms with Crippen LogP contribution in [0, 0.1) is 12.7 Å². The van der Waals surface area contributed by atoms with Crippen LogP contribution >= 0.6 is 0 Å². The van der Waals surface area contributed by atoms with Crippen LogP contribution < -0.4 is 5.32 Å². The largest absolute Gasteiger partial charge is 0.480 e. The Morgan fingerprint density at radius 2 is 1.39 bits per heavy atom. The summed E-state index contributed by atoms with van der Waals surface area (Å²) in [6.45, 7) is 1.58. The highest BCUT2D eigenvalue weighted by Gasteiger charge is 2.20. The van der Waals surface area contributed by atoms with Gasteiger partial charge >= 0.3 is 5.97 Å². The van der Waals surface area contributed by atoms with Gasteiger partial charge in [-0.3, -0.25) is 14.4 Å². The number of carbonyl (C=O) groups is 3. The molecule has 9 nitrogen and oxygen atoms in total.